The second-order valence-corrected chi connectivity index (χ2v) is 7.84. The molecule has 0 unspecified atom stereocenters. The first-order valence-electron chi connectivity index (χ1n) is 9.73. The third-order valence-electron chi connectivity index (χ3n) is 5.96. The Bertz CT molecular complexity index is 617. The van der Waals surface area contributed by atoms with Crippen LogP contribution in [0.4, 0.5) is 0 Å². The van der Waals surface area contributed by atoms with E-state index in [0.717, 1.165) is 57.1 Å². The third kappa shape index (κ3) is 3.49. The molecular formula is C20H33N3O2. The summed E-state index contributed by atoms with van der Waals surface area (Å²) in [7, 11) is 0. The van der Waals surface area contributed by atoms with E-state index >= 15 is 0 Å². The van der Waals surface area contributed by atoms with Gasteiger partial charge in [-0.1, -0.05) is 13.3 Å². The van der Waals surface area contributed by atoms with Crippen LogP contribution in [0, 0.1) is 19.8 Å². The van der Waals surface area contributed by atoms with Crippen LogP contribution in [0.3, 0.4) is 0 Å². The maximum Gasteiger partial charge on any atom is 0.255 e. The number of morpholine rings is 1. The Balaban J connectivity index is 1.78. The molecule has 2 aliphatic heterocycles. The van der Waals surface area contributed by atoms with Gasteiger partial charge < -0.3 is 14.2 Å². The fourth-order valence-corrected chi connectivity index (χ4v) is 4.70. The Hall–Kier alpha value is -1.33. The summed E-state index contributed by atoms with van der Waals surface area (Å²) >= 11 is 0. The van der Waals surface area contributed by atoms with Crippen molar-refractivity contribution in [1.29, 1.82) is 0 Å². The molecule has 3 heterocycles. The van der Waals surface area contributed by atoms with Gasteiger partial charge in [0, 0.05) is 49.7 Å². The van der Waals surface area contributed by atoms with E-state index in [2.05, 4.69) is 55.1 Å². The number of amides is 1. The molecule has 0 saturated carbocycles. The number of aromatic nitrogens is 1. The summed E-state index contributed by atoms with van der Waals surface area (Å²) in [6.07, 6.45) is 1.12. The number of carbonyl (C=O) groups is 1. The molecule has 1 aromatic rings. The number of likely N-dealkylation sites (tertiary alicyclic amines) is 1. The lowest BCUT2D eigenvalue weighted by Crippen LogP contribution is -2.47. The first kappa shape index (κ1) is 18.5. The summed E-state index contributed by atoms with van der Waals surface area (Å²) in [5, 5.41) is 0. The monoisotopic (exact) mass is 347 g/mol. The first-order chi connectivity index (χ1) is 11.9. The van der Waals surface area contributed by atoms with E-state index in [-0.39, 0.29) is 5.91 Å². The minimum atomic E-state index is 0.203. The lowest BCUT2D eigenvalue weighted by atomic mass is 9.99. The molecule has 25 heavy (non-hydrogen) atoms. The highest BCUT2D eigenvalue weighted by Crippen LogP contribution is 2.29. The number of hydrogen-bond acceptors (Lipinski definition) is 3. The van der Waals surface area contributed by atoms with Crippen molar-refractivity contribution in [1.82, 2.24) is 14.4 Å². The molecule has 1 amide bonds. The van der Waals surface area contributed by atoms with Gasteiger partial charge in [0.15, 0.2) is 0 Å². The summed E-state index contributed by atoms with van der Waals surface area (Å²) in [6, 6.07) is 2.93. The lowest BCUT2D eigenvalue weighted by Gasteiger charge is -2.34. The fourth-order valence-electron chi connectivity index (χ4n) is 4.70. The van der Waals surface area contributed by atoms with Gasteiger partial charge in [-0.3, -0.25) is 9.69 Å². The SMILES string of the molecule is CC[C@@H]1CN(C(=O)c2cc(C)n(C(C)C)c2C)C[C@H]1N1CCOCC1. The van der Waals surface area contributed by atoms with Crippen molar-refractivity contribution >= 4 is 5.91 Å². The van der Waals surface area contributed by atoms with Gasteiger partial charge in [-0.2, -0.15) is 0 Å². The summed E-state index contributed by atoms with van der Waals surface area (Å²) in [5.74, 6) is 0.768. The molecule has 1 aromatic heterocycles. The van der Waals surface area contributed by atoms with Gasteiger partial charge in [0.25, 0.3) is 5.91 Å². The van der Waals surface area contributed by atoms with E-state index < -0.39 is 0 Å². The molecule has 140 valence electrons. The maximum atomic E-state index is 13.2. The van der Waals surface area contributed by atoms with Crippen LogP contribution < -0.4 is 0 Å². The fraction of sp³-hybridized carbons (Fsp3) is 0.750. The molecule has 2 aliphatic rings. The number of ether oxygens (including phenoxy) is 1. The molecule has 5 heteroatoms. The second kappa shape index (κ2) is 7.50. The van der Waals surface area contributed by atoms with Crippen molar-refractivity contribution in [2.45, 2.75) is 53.1 Å². The highest BCUT2D eigenvalue weighted by molar-refractivity contribution is 5.96. The third-order valence-corrected chi connectivity index (χ3v) is 5.96. The molecule has 0 bridgehead atoms. The molecular weight excluding hydrogens is 314 g/mol. The molecule has 0 aliphatic carbocycles. The molecule has 2 fully saturated rings. The highest BCUT2D eigenvalue weighted by Gasteiger charge is 2.38. The van der Waals surface area contributed by atoms with Crippen molar-refractivity contribution in [2.75, 3.05) is 39.4 Å². The van der Waals surface area contributed by atoms with Crippen LogP contribution in [0.2, 0.25) is 0 Å². The van der Waals surface area contributed by atoms with Crippen LogP contribution in [-0.2, 0) is 4.74 Å². The Morgan fingerprint density at radius 3 is 2.48 bits per heavy atom. The van der Waals surface area contributed by atoms with Crippen LogP contribution in [0.5, 0.6) is 0 Å². The van der Waals surface area contributed by atoms with E-state index in [1.165, 1.54) is 5.69 Å². The summed E-state index contributed by atoms with van der Waals surface area (Å²) in [6.45, 7) is 16.1. The van der Waals surface area contributed by atoms with Gasteiger partial charge in [-0.25, -0.2) is 0 Å². The molecule has 0 radical (unpaired) electrons. The minimum absolute atomic E-state index is 0.203. The Kier molecular flexibility index (Phi) is 5.54. The molecule has 0 spiro atoms. The van der Waals surface area contributed by atoms with Crippen molar-refractivity contribution < 1.29 is 9.53 Å². The zero-order valence-electron chi connectivity index (χ0n) is 16.4. The van der Waals surface area contributed by atoms with Crippen molar-refractivity contribution in [3.05, 3.63) is 23.0 Å². The van der Waals surface area contributed by atoms with Gasteiger partial charge in [0.05, 0.1) is 18.8 Å². The van der Waals surface area contributed by atoms with Crippen LogP contribution in [0.1, 0.15) is 55.0 Å². The normalized spacial score (nSPS) is 25.1. The number of rotatable bonds is 4. The van der Waals surface area contributed by atoms with Gasteiger partial charge >= 0.3 is 0 Å². The Labute approximate surface area is 151 Å². The number of aryl methyl sites for hydroxylation is 1. The van der Waals surface area contributed by atoms with Crippen LogP contribution in [-0.4, -0.2) is 65.7 Å². The average molecular weight is 348 g/mol. The minimum Gasteiger partial charge on any atom is -0.379 e. The predicted octanol–water partition coefficient (Wildman–Crippen LogP) is 2.87. The summed E-state index contributed by atoms with van der Waals surface area (Å²) in [4.78, 5) is 17.8. The standard InChI is InChI=1S/C20H33N3O2/c1-6-17-12-22(13-19(17)21-7-9-25-10-8-21)20(24)18-11-15(4)23(14(2)3)16(18)5/h11,14,17,19H,6-10,12-13H2,1-5H3/t17-,19-/m1/s1. The molecule has 2 atom stereocenters. The highest BCUT2D eigenvalue weighted by atomic mass is 16.5. The van der Waals surface area contributed by atoms with Gasteiger partial charge in [-0.15, -0.1) is 0 Å². The van der Waals surface area contributed by atoms with Crippen molar-refractivity contribution in [3.8, 4) is 0 Å². The van der Waals surface area contributed by atoms with Crippen molar-refractivity contribution in [2.24, 2.45) is 5.92 Å². The summed E-state index contributed by atoms with van der Waals surface area (Å²) < 4.78 is 7.76. The van der Waals surface area contributed by atoms with E-state index in [4.69, 9.17) is 4.74 Å². The molecule has 0 N–H and O–H groups in total. The molecule has 5 nitrogen and oxygen atoms in total. The van der Waals surface area contributed by atoms with Gasteiger partial charge in [-0.05, 0) is 39.7 Å². The van der Waals surface area contributed by atoms with Crippen LogP contribution in [0.25, 0.3) is 0 Å². The van der Waals surface area contributed by atoms with E-state index in [1.807, 2.05) is 0 Å². The smallest absolute Gasteiger partial charge is 0.255 e. The van der Waals surface area contributed by atoms with E-state index in [0.29, 0.717) is 18.0 Å². The Morgan fingerprint density at radius 2 is 1.92 bits per heavy atom. The molecule has 3 rings (SSSR count). The van der Waals surface area contributed by atoms with Gasteiger partial charge in [0.1, 0.15) is 0 Å². The Morgan fingerprint density at radius 1 is 1.24 bits per heavy atom. The molecule has 2 saturated heterocycles. The largest absolute Gasteiger partial charge is 0.379 e. The number of nitrogens with zero attached hydrogens (tertiary/aromatic N) is 3. The number of carbonyl (C=O) groups excluding carboxylic acids is 1. The summed E-state index contributed by atoms with van der Waals surface area (Å²) in [5.41, 5.74) is 3.15. The van der Waals surface area contributed by atoms with E-state index in [9.17, 15) is 4.79 Å². The van der Waals surface area contributed by atoms with Gasteiger partial charge in [0.2, 0.25) is 0 Å². The maximum absolute atomic E-state index is 13.2. The van der Waals surface area contributed by atoms with Crippen molar-refractivity contribution in [3.63, 3.8) is 0 Å². The zero-order chi connectivity index (χ0) is 18.1. The lowest BCUT2D eigenvalue weighted by molar-refractivity contribution is 0.0103. The average Bonchev–Trinajstić information content (AvgIpc) is 3.16. The quantitative estimate of drug-likeness (QED) is 0.840. The first-order valence-corrected chi connectivity index (χ1v) is 9.73. The predicted molar refractivity (Wildman–Crippen MR) is 100 cm³/mol. The zero-order valence-corrected chi connectivity index (χ0v) is 16.4. The second-order valence-electron chi connectivity index (χ2n) is 7.84. The number of hydrogen-bond donors (Lipinski definition) is 0. The van der Waals surface area contributed by atoms with E-state index in [1.54, 1.807) is 0 Å². The van der Waals surface area contributed by atoms with Crippen LogP contribution >= 0.6 is 0 Å². The van der Waals surface area contributed by atoms with Crippen LogP contribution in [0.15, 0.2) is 6.07 Å². The molecule has 0 aromatic carbocycles. The topological polar surface area (TPSA) is 37.7 Å².